The van der Waals surface area contributed by atoms with Crippen molar-refractivity contribution in [3.8, 4) is 0 Å². The monoisotopic (exact) mass is 130 g/mol. The Balaban J connectivity index is 2.17. The molecule has 0 radical (unpaired) electrons. The van der Waals surface area contributed by atoms with Crippen LogP contribution in [-0.4, -0.2) is 23.9 Å². The van der Waals surface area contributed by atoms with Gasteiger partial charge in [0.2, 0.25) is 0 Å². The Kier molecular flexibility index (Phi) is 2.09. The first kappa shape index (κ1) is 7.03. The van der Waals surface area contributed by atoms with Crippen molar-refractivity contribution >= 4 is 0 Å². The van der Waals surface area contributed by atoms with Crippen LogP contribution in [0.5, 0.6) is 0 Å². The van der Waals surface area contributed by atoms with Gasteiger partial charge in [-0.25, -0.2) is 0 Å². The van der Waals surface area contributed by atoms with Crippen molar-refractivity contribution in [1.29, 1.82) is 0 Å². The predicted molar refractivity (Wildman–Crippen MR) is 35.2 cm³/mol. The maximum atomic E-state index is 8.68. The Morgan fingerprint density at radius 1 is 1.67 bits per heavy atom. The zero-order chi connectivity index (χ0) is 6.85. The van der Waals surface area contributed by atoms with Crippen LogP contribution in [0.15, 0.2) is 0 Å². The van der Waals surface area contributed by atoms with Crippen molar-refractivity contribution in [2.75, 3.05) is 6.61 Å². The second kappa shape index (κ2) is 2.67. The Morgan fingerprint density at radius 2 is 2.33 bits per heavy atom. The molecule has 54 valence electrons. The van der Waals surface area contributed by atoms with E-state index in [1.807, 2.05) is 6.92 Å². The maximum Gasteiger partial charge on any atom is 0.0889 e. The fraction of sp³-hybridized carbons (Fsp3) is 1.00. The van der Waals surface area contributed by atoms with Crippen molar-refractivity contribution in [1.82, 2.24) is 0 Å². The highest BCUT2D eigenvalue weighted by Gasteiger charge is 2.40. The standard InChI is InChI=1S/C7H14O2/c1-3-6-7(9-6)5(2)4-8/h5-8H,3-4H2,1-2H3. The lowest BCUT2D eigenvalue weighted by Gasteiger charge is -1.99. The van der Waals surface area contributed by atoms with Gasteiger partial charge in [0.15, 0.2) is 0 Å². The van der Waals surface area contributed by atoms with Crippen LogP contribution in [0.1, 0.15) is 20.3 Å². The number of epoxide rings is 1. The van der Waals surface area contributed by atoms with Crippen molar-refractivity contribution in [2.24, 2.45) is 5.92 Å². The van der Waals surface area contributed by atoms with Crippen LogP contribution in [0.3, 0.4) is 0 Å². The molecule has 0 spiro atoms. The molecule has 0 aliphatic carbocycles. The molecule has 0 aromatic heterocycles. The van der Waals surface area contributed by atoms with E-state index >= 15 is 0 Å². The Hall–Kier alpha value is -0.0800. The average molecular weight is 130 g/mol. The van der Waals surface area contributed by atoms with E-state index in [-0.39, 0.29) is 6.61 Å². The minimum atomic E-state index is 0.251. The Morgan fingerprint density at radius 3 is 2.67 bits per heavy atom. The summed E-state index contributed by atoms with van der Waals surface area (Å²) in [6.07, 6.45) is 1.86. The fourth-order valence-electron chi connectivity index (χ4n) is 1.09. The van der Waals surface area contributed by atoms with Crippen molar-refractivity contribution < 1.29 is 9.84 Å². The number of ether oxygens (including phenoxy) is 1. The number of aliphatic hydroxyl groups excluding tert-OH is 1. The molecule has 0 saturated carbocycles. The van der Waals surface area contributed by atoms with Gasteiger partial charge in [-0.1, -0.05) is 13.8 Å². The SMILES string of the molecule is CCC1OC1C(C)CO. The Labute approximate surface area is 55.8 Å². The molecule has 2 nitrogen and oxygen atoms in total. The molecule has 1 saturated heterocycles. The molecule has 3 unspecified atom stereocenters. The third kappa shape index (κ3) is 1.43. The lowest BCUT2D eigenvalue weighted by Crippen LogP contribution is -2.10. The van der Waals surface area contributed by atoms with Crippen LogP contribution >= 0.6 is 0 Å². The molecular formula is C7H14O2. The highest BCUT2D eigenvalue weighted by Crippen LogP contribution is 2.31. The first-order valence-corrected chi connectivity index (χ1v) is 3.56. The highest BCUT2D eigenvalue weighted by atomic mass is 16.6. The van der Waals surface area contributed by atoms with Crippen molar-refractivity contribution in [3.63, 3.8) is 0 Å². The van der Waals surface area contributed by atoms with Gasteiger partial charge in [0, 0.05) is 12.5 Å². The molecule has 2 heteroatoms. The lowest BCUT2D eigenvalue weighted by molar-refractivity contribution is 0.204. The van der Waals surface area contributed by atoms with Gasteiger partial charge in [0.05, 0.1) is 12.2 Å². The summed E-state index contributed by atoms with van der Waals surface area (Å²) in [7, 11) is 0. The summed E-state index contributed by atoms with van der Waals surface area (Å²) in [6, 6.07) is 0. The predicted octanol–water partition coefficient (Wildman–Crippen LogP) is 0.792. The van der Waals surface area contributed by atoms with Gasteiger partial charge in [0.25, 0.3) is 0 Å². The summed E-state index contributed by atoms with van der Waals surface area (Å²) in [5, 5.41) is 8.68. The van der Waals surface area contributed by atoms with Crippen LogP contribution in [0.25, 0.3) is 0 Å². The molecule has 0 bridgehead atoms. The first-order chi connectivity index (χ1) is 4.29. The lowest BCUT2D eigenvalue weighted by atomic mass is 10.1. The Bertz CT molecular complexity index is 92.9. The van der Waals surface area contributed by atoms with E-state index in [2.05, 4.69) is 6.92 Å². The summed E-state index contributed by atoms with van der Waals surface area (Å²) >= 11 is 0. The van der Waals surface area contributed by atoms with Gasteiger partial charge in [-0.2, -0.15) is 0 Å². The quantitative estimate of drug-likeness (QED) is 0.573. The fourth-order valence-corrected chi connectivity index (χ4v) is 1.09. The zero-order valence-corrected chi connectivity index (χ0v) is 6.00. The van der Waals surface area contributed by atoms with Crippen LogP contribution in [0.4, 0.5) is 0 Å². The number of aliphatic hydroxyl groups is 1. The molecule has 3 atom stereocenters. The van der Waals surface area contributed by atoms with E-state index in [1.54, 1.807) is 0 Å². The van der Waals surface area contributed by atoms with Crippen molar-refractivity contribution in [2.45, 2.75) is 32.5 Å². The zero-order valence-electron chi connectivity index (χ0n) is 6.00. The molecule has 0 amide bonds. The van der Waals surface area contributed by atoms with E-state index < -0.39 is 0 Å². The molecule has 1 heterocycles. The van der Waals surface area contributed by atoms with Crippen LogP contribution in [-0.2, 0) is 4.74 Å². The summed E-state index contributed by atoms with van der Waals surface area (Å²) in [4.78, 5) is 0. The number of hydrogen-bond acceptors (Lipinski definition) is 2. The van der Waals surface area contributed by atoms with Gasteiger partial charge in [0.1, 0.15) is 0 Å². The smallest absolute Gasteiger partial charge is 0.0889 e. The minimum absolute atomic E-state index is 0.251. The normalized spacial score (nSPS) is 36.3. The molecule has 9 heavy (non-hydrogen) atoms. The molecule has 1 aliphatic rings. The maximum absolute atomic E-state index is 8.68. The summed E-state index contributed by atoms with van der Waals surface area (Å²) in [5.74, 6) is 0.329. The van der Waals surface area contributed by atoms with Gasteiger partial charge >= 0.3 is 0 Å². The van der Waals surface area contributed by atoms with Crippen LogP contribution in [0.2, 0.25) is 0 Å². The van der Waals surface area contributed by atoms with Gasteiger partial charge < -0.3 is 9.84 Å². The topological polar surface area (TPSA) is 32.8 Å². The van der Waals surface area contributed by atoms with Crippen LogP contribution in [0, 0.1) is 5.92 Å². The van der Waals surface area contributed by atoms with E-state index in [1.165, 1.54) is 0 Å². The minimum Gasteiger partial charge on any atom is -0.396 e. The number of rotatable bonds is 3. The molecule has 0 aromatic rings. The van der Waals surface area contributed by atoms with Crippen LogP contribution < -0.4 is 0 Å². The molecular weight excluding hydrogens is 116 g/mol. The van der Waals surface area contributed by atoms with E-state index in [9.17, 15) is 0 Å². The summed E-state index contributed by atoms with van der Waals surface area (Å²) < 4.78 is 5.26. The molecule has 1 aliphatic heterocycles. The van der Waals surface area contributed by atoms with E-state index in [0.29, 0.717) is 18.1 Å². The van der Waals surface area contributed by atoms with E-state index in [0.717, 1.165) is 6.42 Å². The first-order valence-electron chi connectivity index (χ1n) is 3.56. The molecule has 0 aromatic carbocycles. The molecule has 1 N–H and O–H groups in total. The second-order valence-electron chi connectivity index (χ2n) is 2.71. The molecule has 1 rings (SSSR count). The second-order valence-corrected chi connectivity index (χ2v) is 2.71. The highest BCUT2D eigenvalue weighted by molar-refractivity contribution is 4.87. The summed E-state index contributed by atoms with van der Waals surface area (Å²) in [6.45, 7) is 4.37. The van der Waals surface area contributed by atoms with Gasteiger partial charge in [-0.3, -0.25) is 0 Å². The van der Waals surface area contributed by atoms with Gasteiger partial charge in [-0.15, -0.1) is 0 Å². The van der Waals surface area contributed by atoms with Gasteiger partial charge in [-0.05, 0) is 6.42 Å². The van der Waals surface area contributed by atoms with E-state index in [4.69, 9.17) is 9.84 Å². The largest absolute Gasteiger partial charge is 0.396 e. The average Bonchev–Trinajstić information content (AvgIpc) is 2.64. The third-order valence-electron chi connectivity index (χ3n) is 1.87. The third-order valence-corrected chi connectivity index (χ3v) is 1.87. The van der Waals surface area contributed by atoms with Crippen molar-refractivity contribution in [3.05, 3.63) is 0 Å². The number of hydrogen-bond donors (Lipinski definition) is 1. The summed E-state index contributed by atoms with van der Waals surface area (Å²) in [5.41, 5.74) is 0. The molecule has 1 fully saturated rings.